The molecule has 4 fully saturated rings. The van der Waals surface area contributed by atoms with Gasteiger partial charge in [0.1, 0.15) is 0 Å². The van der Waals surface area contributed by atoms with Crippen LogP contribution in [0.25, 0.3) is 0 Å². The zero-order valence-electron chi connectivity index (χ0n) is 26.3. The Morgan fingerprint density at radius 1 is 0.587 bits per heavy atom. The van der Waals surface area contributed by atoms with Crippen LogP contribution in [0, 0.1) is 0 Å². The van der Waals surface area contributed by atoms with Gasteiger partial charge in [-0.15, -0.1) is 23.5 Å². The van der Waals surface area contributed by atoms with Crippen LogP contribution in [0.2, 0.25) is 0 Å². The third kappa shape index (κ3) is 21.7. The van der Waals surface area contributed by atoms with E-state index in [0.717, 1.165) is 63.6 Å². The Bertz CT molecular complexity index is 909. The number of esters is 4. The first kappa shape index (κ1) is 42.9. The molecule has 10 nitrogen and oxygen atoms in total. The monoisotopic (exact) mass is 756 g/mol. The van der Waals surface area contributed by atoms with Gasteiger partial charge < -0.3 is 28.4 Å². The molecule has 0 amide bonds. The molecule has 46 heavy (non-hydrogen) atoms. The summed E-state index contributed by atoms with van der Waals surface area (Å²) < 4.78 is 30.3. The van der Waals surface area contributed by atoms with Crippen LogP contribution in [-0.4, -0.2) is 118 Å². The summed E-state index contributed by atoms with van der Waals surface area (Å²) in [5, 5.41) is 0. The highest BCUT2D eigenvalue weighted by Crippen LogP contribution is 2.26. The number of carbonyl (C=O) groups is 4. The minimum Gasteiger partial charge on any atom is -0.447 e. The van der Waals surface area contributed by atoms with Gasteiger partial charge in [-0.25, -0.2) is 19.2 Å². The Morgan fingerprint density at radius 2 is 1.00 bits per heavy atom. The van der Waals surface area contributed by atoms with Gasteiger partial charge in [-0.3, -0.25) is 0 Å². The Hall–Kier alpha value is -1.14. The van der Waals surface area contributed by atoms with Gasteiger partial charge in [0.25, 0.3) is 0 Å². The third-order valence-electron chi connectivity index (χ3n) is 5.14. The molecule has 4 aliphatic rings. The standard InChI is InChI=1S/C8H12O3S.C8H12O2S2.C7H10O3S.C7H10O2S2/c1-6(2)8(9)11-7-5-12-4-3-10-7;1-6(2)8(9)10-7-5-11-3-4-12-7;1-2-6(8)10-7-5-11-4-3-9-7;1-2-6(8)9-7-5-10-3-4-11-7/h2*7H,1,3-5H2,2H3;2*2,7H,1,3-5H2. The maximum atomic E-state index is 11.1. The van der Waals surface area contributed by atoms with Gasteiger partial charge in [0.05, 0.1) is 24.7 Å². The lowest BCUT2D eigenvalue weighted by molar-refractivity contribution is -0.169. The number of carbonyl (C=O) groups excluding carboxylic acids is 4. The molecule has 0 aromatic rings. The summed E-state index contributed by atoms with van der Waals surface area (Å²) in [6.45, 7) is 18.2. The first-order valence-corrected chi connectivity index (χ1v) is 20.9. The molecule has 0 spiro atoms. The fourth-order valence-corrected chi connectivity index (χ4v) is 9.17. The van der Waals surface area contributed by atoms with Crippen LogP contribution in [0.4, 0.5) is 0 Å². The molecule has 4 saturated heterocycles. The van der Waals surface area contributed by atoms with E-state index in [0.29, 0.717) is 24.4 Å². The predicted octanol–water partition coefficient (Wildman–Crippen LogP) is 5.43. The highest BCUT2D eigenvalue weighted by atomic mass is 32.2. The second kappa shape index (κ2) is 26.8. The molecule has 0 N–H and O–H groups in total. The first-order valence-electron chi connectivity index (χ1n) is 14.2. The summed E-state index contributed by atoms with van der Waals surface area (Å²) in [6, 6.07) is 0. The Balaban J connectivity index is 0.000000307. The number of rotatable bonds is 8. The van der Waals surface area contributed by atoms with Gasteiger partial charge in [0, 0.05) is 69.3 Å². The lowest BCUT2D eigenvalue weighted by atomic mass is 10.4. The molecule has 0 bridgehead atoms. The fourth-order valence-electron chi connectivity index (χ4n) is 2.93. The van der Waals surface area contributed by atoms with Crippen LogP contribution >= 0.6 is 70.6 Å². The van der Waals surface area contributed by atoms with E-state index in [2.05, 4.69) is 26.3 Å². The summed E-state index contributed by atoms with van der Waals surface area (Å²) in [4.78, 5) is 43.4. The van der Waals surface area contributed by atoms with Gasteiger partial charge in [-0.05, 0) is 13.8 Å². The van der Waals surface area contributed by atoms with Crippen molar-refractivity contribution < 1.29 is 47.6 Å². The van der Waals surface area contributed by atoms with E-state index < -0.39 is 5.97 Å². The van der Waals surface area contributed by atoms with E-state index in [1.807, 2.05) is 23.5 Å². The minimum absolute atomic E-state index is 0.0351. The lowest BCUT2D eigenvalue weighted by Gasteiger charge is -2.21. The van der Waals surface area contributed by atoms with Gasteiger partial charge in [-0.1, -0.05) is 26.3 Å². The molecule has 0 aromatic carbocycles. The molecule has 4 unspecified atom stereocenters. The SMILES string of the molecule is C=C(C)C(=O)OC1CSCCO1.C=C(C)C(=O)OC1CSCCS1.C=CC(=O)OC1CSCCO1.C=CC(=O)OC1CSCCS1. The average molecular weight is 757 g/mol. The van der Waals surface area contributed by atoms with E-state index in [-0.39, 0.29) is 41.4 Å². The number of hydrogen-bond donors (Lipinski definition) is 0. The van der Waals surface area contributed by atoms with Crippen LogP contribution in [-0.2, 0) is 47.6 Å². The maximum Gasteiger partial charge on any atom is 0.335 e. The molecule has 4 atom stereocenters. The molecule has 4 heterocycles. The fraction of sp³-hybridized carbons (Fsp3) is 0.600. The van der Waals surface area contributed by atoms with Crippen molar-refractivity contribution in [2.45, 2.75) is 37.3 Å². The first-order chi connectivity index (χ1) is 22.0. The molecule has 16 heteroatoms. The van der Waals surface area contributed by atoms with Crippen molar-refractivity contribution in [3.05, 3.63) is 49.6 Å². The molecular formula is C30H44O10S6. The molecule has 0 saturated carbocycles. The molecule has 0 radical (unpaired) electrons. The van der Waals surface area contributed by atoms with E-state index in [9.17, 15) is 19.2 Å². The smallest absolute Gasteiger partial charge is 0.335 e. The van der Waals surface area contributed by atoms with E-state index in [4.69, 9.17) is 28.4 Å². The molecule has 0 aliphatic carbocycles. The van der Waals surface area contributed by atoms with Crippen LogP contribution in [0.15, 0.2) is 49.6 Å². The van der Waals surface area contributed by atoms with Crippen LogP contribution in [0.5, 0.6) is 0 Å². The second-order valence-corrected chi connectivity index (χ2v) is 16.3. The lowest BCUT2D eigenvalue weighted by Crippen LogP contribution is -2.28. The van der Waals surface area contributed by atoms with E-state index >= 15 is 0 Å². The number of hydrogen-bond acceptors (Lipinski definition) is 16. The zero-order valence-corrected chi connectivity index (χ0v) is 31.2. The molecule has 4 rings (SSSR count). The van der Waals surface area contributed by atoms with Crippen molar-refractivity contribution in [3.63, 3.8) is 0 Å². The highest BCUT2D eigenvalue weighted by Gasteiger charge is 2.20. The van der Waals surface area contributed by atoms with Crippen LogP contribution in [0.3, 0.4) is 0 Å². The highest BCUT2D eigenvalue weighted by molar-refractivity contribution is 8.07. The van der Waals surface area contributed by atoms with Crippen molar-refractivity contribution in [1.29, 1.82) is 0 Å². The Kier molecular flexibility index (Phi) is 25.0. The zero-order chi connectivity index (χ0) is 34.2. The van der Waals surface area contributed by atoms with Gasteiger partial charge in [0.2, 0.25) is 12.6 Å². The van der Waals surface area contributed by atoms with E-state index in [1.165, 1.54) is 6.08 Å². The number of ether oxygens (including phenoxy) is 6. The topological polar surface area (TPSA) is 124 Å². The van der Waals surface area contributed by atoms with E-state index in [1.54, 1.807) is 60.9 Å². The van der Waals surface area contributed by atoms with Crippen molar-refractivity contribution in [2.75, 3.05) is 70.7 Å². The molecule has 0 aromatic heterocycles. The second-order valence-electron chi connectivity index (χ2n) is 9.15. The third-order valence-corrected chi connectivity index (χ3v) is 12.2. The normalized spacial score (nSPS) is 23.7. The van der Waals surface area contributed by atoms with Gasteiger partial charge in [0.15, 0.2) is 10.9 Å². The molecular weight excluding hydrogens is 713 g/mol. The quantitative estimate of drug-likeness (QED) is 0.177. The maximum absolute atomic E-state index is 11.1. The van der Waals surface area contributed by atoms with Crippen molar-refractivity contribution in [3.8, 4) is 0 Å². The van der Waals surface area contributed by atoms with Crippen LogP contribution in [0.1, 0.15) is 13.8 Å². The average Bonchev–Trinajstić information content (AvgIpc) is 3.07. The summed E-state index contributed by atoms with van der Waals surface area (Å²) in [6.07, 6.45) is 1.59. The molecule has 260 valence electrons. The van der Waals surface area contributed by atoms with Crippen LogP contribution < -0.4 is 0 Å². The summed E-state index contributed by atoms with van der Waals surface area (Å²) in [7, 11) is 0. The van der Waals surface area contributed by atoms with Crippen molar-refractivity contribution >= 4 is 94.4 Å². The van der Waals surface area contributed by atoms with Crippen molar-refractivity contribution in [2.24, 2.45) is 0 Å². The predicted molar refractivity (Wildman–Crippen MR) is 196 cm³/mol. The summed E-state index contributed by atoms with van der Waals surface area (Å²) in [5.41, 5.74) is 0.965. The Labute approximate surface area is 298 Å². The minimum atomic E-state index is -0.419. The van der Waals surface area contributed by atoms with Gasteiger partial charge >= 0.3 is 23.9 Å². The Morgan fingerprint density at radius 3 is 1.39 bits per heavy atom. The largest absolute Gasteiger partial charge is 0.447 e. The summed E-state index contributed by atoms with van der Waals surface area (Å²) >= 11 is 10.5. The summed E-state index contributed by atoms with van der Waals surface area (Å²) in [5.74, 6) is 8.28. The molecule has 4 aliphatic heterocycles. The van der Waals surface area contributed by atoms with Crippen molar-refractivity contribution in [1.82, 2.24) is 0 Å². The number of thioether (sulfide) groups is 6. The van der Waals surface area contributed by atoms with Gasteiger partial charge in [-0.2, -0.15) is 47.0 Å².